The molecule has 0 unspecified atom stereocenters. The van der Waals surface area contributed by atoms with E-state index in [1.165, 1.54) is 4.31 Å². The van der Waals surface area contributed by atoms with Gasteiger partial charge in [0.2, 0.25) is 15.9 Å². The summed E-state index contributed by atoms with van der Waals surface area (Å²) in [6.07, 6.45) is 0.904. The number of carbonyl (C=O) groups is 1. The summed E-state index contributed by atoms with van der Waals surface area (Å²) in [7, 11) is -3.51. The summed E-state index contributed by atoms with van der Waals surface area (Å²) < 4.78 is 32.8. The predicted molar refractivity (Wildman–Crippen MR) is 124 cm³/mol. The number of anilines is 1. The highest BCUT2D eigenvalue weighted by Crippen LogP contribution is 2.29. The number of hydrogen-bond donors (Lipinski definition) is 1. The Kier molecular flexibility index (Phi) is 7.86. The number of ether oxygens (including phenoxy) is 1. The second kappa shape index (κ2) is 10.2. The molecule has 2 aromatic rings. The van der Waals surface area contributed by atoms with Crippen molar-refractivity contribution in [2.75, 3.05) is 18.4 Å². The molecule has 0 spiro atoms. The van der Waals surface area contributed by atoms with Crippen molar-refractivity contribution >= 4 is 44.8 Å². The molecule has 0 radical (unpaired) electrons. The van der Waals surface area contributed by atoms with Gasteiger partial charge in [-0.15, -0.1) is 0 Å². The fraction of sp³-hybridized carbons (Fsp3) is 0.409. The smallest absolute Gasteiger partial charge is 0.227 e. The fourth-order valence-electron chi connectivity index (χ4n) is 3.49. The van der Waals surface area contributed by atoms with Crippen molar-refractivity contribution in [1.82, 2.24) is 4.31 Å². The first-order chi connectivity index (χ1) is 14.7. The molecule has 6 nitrogen and oxygen atoms in total. The summed E-state index contributed by atoms with van der Waals surface area (Å²) in [5.41, 5.74) is 1.20. The summed E-state index contributed by atoms with van der Waals surface area (Å²) in [6.45, 7) is 4.44. The summed E-state index contributed by atoms with van der Waals surface area (Å²) in [5, 5.41) is 3.64. The Hall–Kier alpha value is -1.80. The molecule has 0 aliphatic carbocycles. The molecule has 1 heterocycles. The number of piperidine rings is 1. The van der Waals surface area contributed by atoms with Crippen LogP contribution in [0.3, 0.4) is 0 Å². The van der Waals surface area contributed by atoms with Crippen LogP contribution in [0.5, 0.6) is 5.75 Å². The van der Waals surface area contributed by atoms with Crippen molar-refractivity contribution in [3.8, 4) is 5.75 Å². The van der Waals surface area contributed by atoms with Gasteiger partial charge in [-0.25, -0.2) is 12.7 Å². The van der Waals surface area contributed by atoms with E-state index in [2.05, 4.69) is 5.32 Å². The molecular weight excluding hydrogens is 459 g/mol. The van der Waals surface area contributed by atoms with E-state index >= 15 is 0 Å². The van der Waals surface area contributed by atoms with E-state index in [1.807, 2.05) is 32.0 Å². The molecule has 1 N–H and O–H groups in total. The third-order valence-corrected chi connectivity index (χ3v) is 7.65. The van der Waals surface area contributed by atoms with Crippen LogP contribution in [0.15, 0.2) is 42.5 Å². The lowest BCUT2D eigenvalue weighted by molar-refractivity contribution is -0.120. The van der Waals surface area contributed by atoms with Crippen LogP contribution < -0.4 is 10.1 Å². The predicted octanol–water partition coefficient (Wildman–Crippen LogP) is 4.96. The molecule has 1 saturated heterocycles. The Morgan fingerprint density at radius 2 is 1.81 bits per heavy atom. The van der Waals surface area contributed by atoms with Gasteiger partial charge in [-0.3, -0.25) is 4.79 Å². The molecule has 1 aliphatic rings. The maximum Gasteiger partial charge on any atom is 0.227 e. The highest BCUT2D eigenvalue weighted by molar-refractivity contribution is 7.88. The normalized spacial score (nSPS) is 15.8. The van der Waals surface area contributed by atoms with E-state index in [0.717, 1.165) is 0 Å². The molecule has 31 heavy (non-hydrogen) atoms. The van der Waals surface area contributed by atoms with Gasteiger partial charge in [-0.1, -0.05) is 41.4 Å². The summed E-state index contributed by atoms with van der Waals surface area (Å²) >= 11 is 11.9. The number of sulfonamides is 1. The Balaban J connectivity index is 1.59. The zero-order valence-electron chi connectivity index (χ0n) is 17.5. The van der Waals surface area contributed by atoms with Crippen LogP contribution in [0.1, 0.15) is 32.3 Å². The summed E-state index contributed by atoms with van der Waals surface area (Å²) in [6, 6.07) is 12.1. The van der Waals surface area contributed by atoms with E-state index in [0.29, 0.717) is 53.0 Å². The second-order valence-corrected chi connectivity index (χ2v) is 10.6. The lowest BCUT2D eigenvalue weighted by atomic mass is 9.97. The van der Waals surface area contributed by atoms with Crippen molar-refractivity contribution in [3.63, 3.8) is 0 Å². The average molecular weight is 485 g/mol. The number of hydrogen-bond acceptors (Lipinski definition) is 4. The van der Waals surface area contributed by atoms with Gasteiger partial charge in [0.1, 0.15) is 5.75 Å². The molecule has 0 aromatic heterocycles. The number of carbonyl (C=O) groups excluding carboxylic acids is 1. The SMILES string of the molecule is CC(C)Oc1ccccc1NC(=O)C1CCN(S(=O)(=O)Cc2ccc(Cl)c(Cl)c2)CC1. The van der Waals surface area contributed by atoms with E-state index in [1.54, 1.807) is 24.3 Å². The highest BCUT2D eigenvalue weighted by Gasteiger charge is 2.31. The lowest BCUT2D eigenvalue weighted by Gasteiger charge is -2.30. The molecule has 168 valence electrons. The van der Waals surface area contributed by atoms with Gasteiger partial charge in [0.25, 0.3) is 0 Å². The van der Waals surface area contributed by atoms with Crippen molar-refractivity contribution in [1.29, 1.82) is 0 Å². The minimum absolute atomic E-state index is 0.0120. The van der Waals surface area contributed by atoms with Gasteiger partial charge < -0.3 is 10.1 Å². The van der Waals surface area contributed by atoms with Crippen LogP contribution in [-0.4, -0.2) is 37.8 Å². The molecule has 2 aromatic carbocycles. The van der Waals surface area contributed by atoms with Crippen LogP contribution in [0, 0.1) is 5.92 Å². The molecule has 0 bridgehead atoms. The van der Waals surface area contributed by atoms with Gasteiger partial charge in [0.15, 0.2) is 0 Å². The summed E-state index contributed by atoms with van der Waals surface area (Å²) in [5.74, 6) is 0.0816. The zero-order chi connectivity index (χ0) is 22.6. The molecule has 0 saturated carbocycles. The number of nitrogens with one attached hydrogen (secondary N) is 1. The van der Waals surface area contributed by atoms with Crippen LogP contribution in [0.4, 0.5) is 5.69 Å². The first kappa shape index (κ1) is 23.9. The Bertz CT molecular complexity index is 1040. The first-order valence-electron chi connectivity index (χ1n) is 10.1. The molecular formula is C22H26Cl2N2O4S. The zero-order valence-corrected chi connectivity index (χ0v) is 19.8. The summed E-state index contributed by atoms with van der Waals surface area (Å²) in [4.78, 5) is 12.8. The highest BCUT2D eigenvalue weighted by atomic mass is 35.5. The van der Waals surface area contributed by atoms with Gasteiger partial charge in [-0.05, 0) is 56.5 Å². The van der Waals surface area contributed by atoms with Crippen molar-refractivity contribution in [3.05, 3.63) is 58.1 Å². The maximum atomic E-state index is 12.8. The number of benzene rings is 2. The Morgan fingerprint density at radius 3 is 2.45 bits per heavy atom. The van der Waals surface area contributed by atoms with Crippen LogP contribution >= 0.6 is 23.2 Å². The van der Waals surface area contributed by atoms with Crippen molar-refractivity contribution in [2.24, 2.45) is 5.92 Å². The third-order valence-electron chi connectivity index (χ3n) is 5.06. The minimum Gasteiger partial charge on any atom is -0.489 e. The third kappa shape index (κ3) is 6.35. The van der Waals surface area contributed by atoms with E-state index in [9.17, 15) is 13.2 Å². The van der Waals surface area contributed by atoms with Gasteiger partial charge >= 0.3 is 0 Å². The molecule has 9 heteroatoms. The van der Waals surface area contributed by atoms with E-state index < -0.39 is 10.0 Å². The Morgan fingerprint density at radius 1 is 1.13 bits per heavy atom. The monoisotopic (exact) mass is 484 g/mol. The van der Waals surface area contributed by atoms with E-state index in [4.69, 9.17) is 27.9 Å². The second-order valence-electron chi connectivity index (χ2n) is 7.83. The van der Waals surface area contributed by atoms with Gasteiger partial charge in [0, 0.05) is 19.0 Å². The van der Waals surface area contributed by atoms with Crippen LogP contribution in [0.25, 0.3) is 0 Å². The largest absolute Gasteiger partial charge is 0.489 e. The minimum atomic E-state index is -3.51. The van der Waals surface area contributed by atoms with Gasteiger partial charge in [-0.2, -0.15) is 0 Å². The maximum absolute atomic E-state index is 12.8. The van der Waals surface area contributed by atoms with Crippen molar-refractivity contribution < 1.29 is 17.9 Å². The van der Waals surface area contributed by atoms with Gasteiger partial charge in [0.05, 0.1) is 27.6 Å². The molecule has 0 atom stereocenters. The fourth-order valence-corrected chi connectivity index (χ4v) is 5.36. The van der Waals surface area contributed by atoms with Crippen molar-refractivity contribution in [2.45, 2.75) is 38.5 Å². The molecule has 1 amide bonds. The van der Waals surface area contributed by atoms with Crippen LogP contribution in [-0.2, 0) is 20.6 Å². The molecule has 1 fully saturated rings. The topological polar surface area (TPSA) is 75.7 Å². The lowest BCUT2D eigenvalue weighted by Crippen LogP contribution is -2.41. The number of rotatable bonds is 7. The average Bonchev–Trinajstić information content (AvgIpc) is 2.72. The number of halogens is 2. The standard InChI is InChI=1S/C22H26Cl2N2O4S/c1-15(2)30-21-6-4-3-5-20(21)25-22(27)17-9-11-26(12-10-17)31(28,29)14-16-7-8-18(23)19(24)13-16/h3-8,13,15,17H,9-12,14H2,1-2H3,(H,25,27). The molecule has 3 rings (SSSR count). The number of nitrogens with zero attached hydrogens (tertiary/aromatic N) is 1. The number of amides is 1. The quantitative estimate of drug-likeness (QED) is 0.602. The van der Waals surface area contributed by atoms with E-state index in [-0.39, 0.29) is 23.7 Å². The van der Waals surface area contributed by atoms with Crippen LogP contribution in [0.2, 0.25) is 10.0 Å². The molecule has 1 aliphatic heterocycles. The Labute approximate surface area is 193 Å². The first-order valence-corrected chi connectivity index (χ1v) is 12.5. The number of para-hydroxylation sites is 2.